The minimum Gasteiger partial charge on any atom is -0.378 e. The van der Waals surface area contributed by atoms with E-state index < -0.39 is 47.4 Å². The molecule has 2 saturated heterocycles. The molecule has 658 valence electrons. The first kappa shape index (κ1) is 91.8. The number of hydrogen-bond acceptors (Lipinski definition) is 25. The van der Waals surface area contributed by atoms with E-state index in [0.29, 0.717) is 108 Å². The highest BCUT2D eigenvalue weighted by Gasteiger charge is 2.35. The van der Waals surface area contributed by atoms with Gasteiger partial charge in [0, 0.05) is 191 Å². The number of aryl methyl sites for hydroxylation is 7. The molecule has 0 aliphatic carbocycles. The smallest absolute Gasteiger partial charge is 0.291 e. The van der Waals surface area contributed by atoms with E-state index in [1.54, 1.807) is 63.5 Å². The molecule has 10 heterocycles. The molecule has 7 aromatic heterocycles. The molecule has 0 unspecified atom stereocenters. The molecule has 0 saturated carbocycles. The molecular formula is C81H110ClN23O16S. The third-order valence-corrected chi connectivity index (χ3v) is 22.1. The van der Waals surface area contributed by atoms with Crippen LogP contribution in [0.5, 0.6) is 0 Å². The van der Waals surface area contributed by atoms with E-state index in [-0.39, 0.29) is 116 Å². The number of thiophene rings is 1. The Morgan fingerprint density at radius 2 is 0.984 bits per heavy atom. The fraction of sp³-hybridized carbons (Fsp3) is 0.519. The van der Waals surface area contributed by atoms with E-state index in [2.05, 4.69) is 95.9 Å². The van der Waals surface area contributed by atoms with Crippen molar-refractivity contribution in [1.82, 2.24) is 88.5 Å². The first-order valence-electron chi connectivity index (χ1n) is 40.8. The van der Waals surface area contributed by atoms with E-state index in [0.717, 1.165) is 98.4 Å². The zero-order valence-electron chi connectivity index (χ0n) is 70.2. The Balaban J connectivity index is 0.434. The lowest BCUT2D eigenvalue weighted by Crippen LogP contribution is -2.49. The lowest BCUT2D eigenvalue weighted by Gasteiger charge is -2.39. The average molecular weight is 1730 g/mol. The van der Waals surface area contributed by atoms with Gasteiger partial charge in [-0.25, -0.2) is 15.0 Å². The monoisotopic (exact) mass is 1730 g/mol. The van der Waals surface area contributed by atoms with Gasteiger partial charge in [-0.3, -0.25) is 57.6 Å². The molecule has 1 atom stereocenters. The Morgan fingerprint density at radius 3 is 1.51 bits per heavy atom. The number of halogens is 1. The van der Waals surface area contributed by atoms with Crippen molar-refractivity contribution >= 4 is 105 Å². The van der Waals surface area contributed by atoms with Crippen LogP contribution in [-0.2, 0) is 87.6 Å². The second kappa shape index (κ2) is 45.8. The maximum Gasteiger partial charge on any atom is 0.291 e. The summed E-state index contributed by atoms with van der Waals surface area (Å²) in [6.45, 7) is 19.9. The second-order valence-electron chi connectivity index (χ2n) is 29.7. The summed E-state index contributed by atoms with van der Waals surface area (Å²) in [5.74, 6) is -1.48. The van der Waals surface area contributed by atoms with Crippen molar-refractivity contribution in [3.63, 3.8) is 0 Å². The van der Waals surface area contributed by atoms with Crippen molar-refractivity contribution in [1.29, 1.82) is 0 Å². The van der Waals surface area contributed by atoms with E-state index in [1.165, 1.54) is 60.1 Å². The number of hydrogen-bond donors (Lipinski definition) is 8. The first-order chi connectivity index (χ1) is 58.9. The predicted octanol–water partition coefficient (Wildman–Crippen LogP) is 4.00. The van der Waals surface area contributed by atoms with Crippen molar-refractivity contribution in [3.8, 4) is 5.00 Å². The number of carbonyl (C=O) groups excluding carboxylic acids is 9. The van der Waals surface area contributed by atoms with Gasteiger partial charge in [0.15, 0.2) is 23.3 Å². The number of piperidine rings is 1. The summed E-state index contributed by atoms with van der Waals surface area (Å²) < 4.78 is 49.0. The van der Waals surface area contributed by atoms with Crippen LogP contribution < -0.4 is 42.5 Å². The van der Waals surface area contributed by atoms with Crippen LogP contribution in [-0.4, -0.2) is 297 Å². The van der Waals surface area contributed by atoms with E-state index in [1.807, 2.05) is 36.1 Å². The van der Waals surface area contributed by atoms with Gasteiger partial charge >= 0.3 is 0 Å². The van der Waals surface area contributed by atoms with Crippen molar-refractivity contribution in [2.75, 3.05) is 192 Å². The van der Waals surface area contributed by atoms with Gasteiger partial charge in [-0.05, 0) is 69.4 Å². The van der Waals surface area contributed by atoms with Gasteiger partial charge in [-0.1, -0.05) is 23.7 Å². The number of likely N-dealkylation sites (tertiary alicyclic amines) is 1. The normalized spacial score (nSPS) is 14.4. The third-order valence-electron chi connectivity index (χ3n) is 20.6. The van der Waals surface area contributed by atoms with E-state index in [4.69, 9.17) is 49.8 Å². The highest BCUT2D eigenvalue weighted by Crippen LogP contribution is 2.40. The van der Waals surface area contributed by atoms with Crippen molar-refractivity contribution in [2.45, 2.75) is 65.3 Å². The maximum atomic E-state index is 14.1. The topological polar surface area (TPSA) is 431 Å². The Morgan fingerprint density at radius 1 is 0.500 bits per heavy atom. The number of aromatic nitrogens is 11. The summed E-state index contributed by atoms with van der Waals surface area (Å²) in [5.41, 5.74) is 5.09. The van der Waals surface area contributed by atoms with E-state index >= 15 is 0 Å². The zero-order valence-corrected chi connectivity index (χ0v) is 71.8. The number of piperazine rings is 1. The van der Waals surface area contributed by atoms with Crippen LogP contribution in [0.2, 0.25) is 5.02 Å². The maximum absolute atomic E-state index is 14.1. The Labute approximate surface area is 715 Å². The van der Waals surface area contributed by atoms with Gasteiger partial charge in [-0.15, -0.1) is 21.5 Å². The minimum atomic E-state index is -0.638. The van der Waals surface area contributed by atoms with Crippen LogP contribution in [0.25, 0.3) is 5.00 Å². The quantitative estimate of drug-likeness (QED) is 0.0250. The van der Waals surface area contributed by atoms with Crippen LogP contribution in [0.1, 0.15) is 131 Å². The fourth-order valence-corrected chi connectivity index (χ4v) is 15.3. The fourth-order valence-electron chi connectivity index (χ4n) is 14.0. The number of nitrogens with zero attached hydrogens (tertiary/aromatic N) is 15. The highest BCUT2D eigenvalue weighted by atomic mass is 35.5. The molecule has 1 aromatic carbocycles. The lowest BCUT2D eigenvalue weighted by atomic mass is 9.95. The summed E-state index contributed by atoms with van der Waals surface area (Å²) in [4.78, 5) is 143. The predicted molar refractivity (Wildman–Crippen MR) is 453 cm³/mol. The molecule has 39 nitrogen and oxygen atoms in total. The standard InChI is InChI=1S/C81H110ClN23O16S/c1-53-54(2)122-81-70(53)71(57-9-11-58(82)12-10-57)90-61(72-96-95-55(3)105(72)81)47-69(109)104-23-16-56(17-24-104)48-103-28-26-102(27-29-103)30-32-116-34-36-118-38-40-120-42-44-121-43-41-119-39-37-117-35-33-115-31-22-83-66(106)13-18-87-78(112)74-93-64(51-100(74)7)91-67(107)14-19-86-77(111)63-46-60(50-99(63)6)89-80(114)75-94-65(52-101(75)8)92-68(108)15-20-85-76(110)62-45-59(49-98(62)5)88-79(113)73-84-21-25-97(73)4/h9-12,21,25,45-46,49-52,56,61H,13-20,22-24,26-44,47-48H2,1-8H3,(H,83,106)(H,85,110)(H,86,111)(H,87,112)(H,88,113)(H,89,114)(H,91,107)(H,92,108)/t61-/m0/s1. The van der Waals surface area contributed by atoms with Gasteiger partial charge in [0.2, 0.25) is 35.3 Å². The second-order valence-corrected chi connectivity index (χ2v) is 31.3. The molecule has 122 heavy (non-hydrogen) atoms. The van der Waals surface area contributed by atoms with Crippen molar-refractivity contribution < 1.29 is 76.3 Å². The van der Waals surface area contributed by atoms with Gasteiger partial charge in [-0.2, -0.15) is 0 Å². The molecule has 41 heteroatoms. The van der Waals surface area contributed by atoms with Gasteiger partial charge in [0.25, 0.3) is 29.5 Å². The molecule has 3 aliphatic heterocycles. The van der Waals surface area contributed by atoms with Gasteiger partial charge in [0.05, 0.1) is 116 Å². The number of imidazole rings is 3. The number of nitrogens with one attached hydrogen (secondary N) is 8. The molecule has 0 spiro atoms. The van der Waals surface area contributed by atoms with Crippen LogP contribution in [0.15, 0.2) is 78.6 Å². The SMILES string of the molecule is Cc1sc2c(c1C)C(c1ccc(Cl)cc1)=N[C@@H](CC(=O)N1CCC(CN3CCN(CCOCCOCCOCCOCCOCCOCCOCCNC(=O)CCNC(=O)c4nc(NC(=O)CCNC(=O)c5cc(NC(=O)c6nc(NC(=O)CCNC(=O)c7cc(NC(=O)c8nccn8C)cn7C)cn6C)cn5C)cn4C)CC3)CC1)c1nnc(C)n1-2. The van der Waals surface area contributed by atoms with Crippen molar-refractivity contribution in [2.24, 2.45) is 46.1 Å². The Hall–Kier alpha value is -10.9. The third kappa shape index (κ3) is 26.5. The molecule has 8 aromatic rings. The van der Waals surface area contributed by atoms with E-state index in [9.17, 15) is 43.2 Å². The summed E-state index contributed by atoms with van der Waals surface area (Å²) in [7, 11) is 8.06. The van der Waals surface area contributed by atoms with Gasteiger partial charge < -0.3 is 108 Å². The number of fused-ring (bicyclic) bond motifs is 3. The number of anilines is 4. The Bertz CT molecular complexity index is 4910. The van der Waals surface area contributed by atoms with Crippen LogP contribution in [0.3, 0.4) is 0 Å². The zero-order chi connectivity index (χ0) is 86.6. The number of benzene rings is 1. The summed E-state index contributed by atoms with van der Waals surface area (Å²) in [6, 6.07) is 10.2. The molecule has 8 N–H and O–H groups in total. The van der Waals surface area contributed by atoms with Crippen LogP contribution >= 0.6 is 22.9 Å². The molecule has 2 fully saturated rings. The average Bonchev–Trinajstić information content (AvgIpc) is 1.59. The largest absolute Gasteiger partial charge is 0.378 e. The van der Waals surface area contributed by atoms with Crippen molar-refractivity contribution in [3.05, 3.63) is 141 Å². The molecule has 9 amide bonds. The number of rotatable bonds is 47. The molecular weight excluding hydrogens is 1620 g/mol. The number of aliphatic imine (C=N–C) groups is 1. The number of ether oxygens (including phenoxy) is 7. The first-order valence-corrected chi connectivity index (χ1v) is 42.0. The highest BCUT2D eigenvalue weighted by molar-refractivity contribution is 7.15. The molecule has 3 aliphatic rings. The minimum absolute atomic E-state index is 0.000135. The number of amides is 9. The molecule has 0 radical (unpaired) electrons. The molecule has 11 rings (SSSR count). The number of carbonyl (C=O) groups is 9. The lowest BCUT2D eigenvalue weighted by molar-refractivity contribution is -0.133. The van der Waals surface area contributed by atoms with Crippen LogP contribution in [0.4, 0.5) is 23.0 Å². The Kier molecular flexibility index (Phi) is 34.5. The summed E-state index contributed by atoms with van der Waals surface area (Å²) >= 11 is 8.02. The summed E-state index contributed by atoms with van der Waals surface area (Å²) in [5, 5.41) is 32.1. The van der Waals surface area contributed by atoms with Gasteiger partial charge in [0.1, 0.15) is 28.3 Å². The molecule has 0 bridgehead atoms. The summed E-state index contributed by atoms with van der Waals surface area (Å²) in [6.07, 6.45) is 11.0. The van der Waals surface area contributed by atoms with Crippen LogP contribution in [0, 0.1) is 26.7 Å².